The summed E-state index contributed by atoms with van der Waals surface area (Å²) in [6.45, 7) is 6.29. The van der Waals surface area contributed by atoms with E-state index in [1.807, 2.05) is 19.9 Å². The van der Waals surface area contributed by atoms with E-state index < -0.39 is 0 Å². The molecule has 1 rings (SSSR count). The van der Waals surface area contributed by atoms with Gasteiger partial charge in [0.2, 0.25) is 0 Å². The van der Waals surface area contributed by atoms with E-state index in [1.165, 1.54) is 11.8 Å². The lowest BCUT2D eigenvalue weighted by Gasteiger charge is -2.17. The second-order valence-corrected chi connectivity index (χ2v) is 7.77. The van der Waals surface area contributed by atoms with Gasteiger partial charge in [0.1, 0.15) is 17.2 Å². The number of esters is 1. The molecule has 0 fully saturated rings. The summed E-state index contributed by atoms with van der Waals surface area (Å²) in [4.78, 5) is 16.5. The van der Waals surface area contributed by atoms with Gasteiger partial charge in [-0.2, -0.15) is 17.0 Å². The molecular weight excluding hydrogens is 356 g/mol. The van der Waals surface area contributed by atoms with E-state index >= 15 is 0 Å². The number of rotatable bonds is 11. The largest absolute Gasteiger partial charge is 0.458 e. The third-order valence-corrected chi connectivity index (χ3v) is 5.48. The number of hydrogen-bond donors (Lipinski definition) is 0. The van der Waals surface area contributed by atoms with Crippen LogP contribution in [0, 0.1) is 25.2 Å². The van der Waals surface area contributed by atoms with Crippen molar-refractivity contribution in [1.82, 2.24) is 4.98 Å². The highest BCUT2D eigenvalue weighted by atomic mass is 32.2. The maximum atomic E-state index is 12.1. The topological polar surface area (TPSA) is 72.2 Å². The lowest BCUT2D eigenvalue weighted by atomic mass is 10.1. The minimum Gasteiger partial charge on any atom is -0.458 e. The molecule has 0 saturated carbocycles. The third kappa shape index (κ3) is 8.13. The number of ether oxygens (including phenoxy) is 2. The summed E-state index contributed by atoms with van der Waals surface area (Å²) in [5.41, 5.74) is 2.22. The molecular formula is C18H26N2O3S2. The van der Waals surface area contributed by atoms with E-state index in [0.29, 0.717) is 17.2 Å². The molecule has 1 aromatic rings. The molecule has 7 heteroatoms. The maximum Gasteiger partial charge on any atom is 0.316 e. The average molecular weight is 383 g/mol. The van der Waals surface area contributed by atoms with Crippen LogP contribution in [0.25, 0.3) is 0 Å². The van der Waals surface area contributed by atoms with Crippen LogP contribution in [-0.4, -0.2) is 48.0 Å². The van der Waals surface area contributed by atoms with Crippen molar-refractivity contribution in [2.24, 2.45) is 0 Å². The van der Waals surface area contributed by atoms with E-state index in [9.17, 15) is 10.1 Å². The molecule has 5 nitrogen and oxygen atoms in total. The number of aromatic nitrogens is 1. The summed E-state index contributed by atoms with van der Waals surface area (Å²) < 4.78 is 10.7. The fourth-order valence-electron chi connectivity index (χ4n) is 2.15. The number of carbonyl (C=O) groups excluding carboxylic acids is 1. The molecule has 1 unspecified atom stereocenters. The van der Waals surface area contributed by atoms with Gasteiger partial charge in [-0.25, -0.2) is 4.98 Å². The zero-order valence-electron chi connectivity index (χ0n) is 15.3. The fourth-order valence-corrected chi connectivity index (χ4v) is 4.12. The van der Waals surface area contributed by atoms with Gasteiger partial charge < -0.3 is 9.47 Å². The molecule has 0 radical (unpaired) electrons. The van der Waals surface area contributed by atoms with E-state index in [-0.39, 0.29) is 17.8 Å². The highest BCUT2D eigenvalue weighted by Gasteiger charge is 2.17. The molecule has 0 aliphatic heterocycles. The Kier molecular flexibility index (Phi) is 10.6. The Morgan fingerprint density at radius 3 is 2.84 bits per heavy atom. The van der Waals surface area contributed by atoms with Crippen LogP contribution in [0.1, 0.15) is 36.6 Å². The molecule has 0 spiro atoms. The quantitative estimate of drug-likeness (QED) is 0.328. The highest BCUT2D eigenvalue weighted by molar-refractivity contribution is 8.00. The van der Waals surface area contributed by atoms with Gasteiger partial charge in [-0.3, -0.25) is 4.79 Å². The zero-order valence-corrected chi connectivity index (χ0v) is 17.0. The molecule has 0 aromatic carbocycles. The van der Waals surface area contributed by atoms with Gasteiger partial charge in [0.15, 0.2) is 0 Å². The standard InChI is InChI=1S/C18H26N2O3S2/c1-5-6-7-24-11-15(10-22-4)23-17(21)12-25-18-16(9-19)13(2)8-14(3)20-18/h8,15H,5-7,10-12H2,1-4H3. The molecule has 0 saturated heterocycles. The number of nitriles is 1. The van der Waals surface area contributed by atoms with Crippen LogP contribution in [0.15, 0.2) is 11.1 Å². The van der Waals surface area contributed by atoms with Crippen LogP contribution in [0.4, 0.5) is 0 Å². The predicted molar refractivity (Wildman–Crippen MR) is 103 cm³/mol. The SMILES string of the molecule is CCCCSCC(COC)OC(=O)CSc1nc(C)cc(C)c1C#N. The summed E-state index contributed by atoms with van der Waals surface area (Å²) in [5.74, 6) is 1.61. The molecule has 0 aliphatic carbocycles. The maximum absolute atomic E-state index is 12.1. The molecule has 0 amide bonds. The number of hydrogen-bond acceptors (Lipinski definition) is 7. The predicted octanol–water partition coefficient (Wildman–Crippen LogP) is 3.75. The Balaban J connectivity index is 2.56. The van der Waals surface area contributed by atoms with Gasteiger partial charge in [0.25, 0.3) is 0 Å². The van der Waals surface area contributed by atoms with Gasteiger partial charge in [0.05, 0.1) is 17.9 Å². The number of methoxy groups -OCH3 is 1. The minimum absolute atomic E-state index is 0.129. The van der Waals surface area contributed by atoms with Gasteiger partial charge in [-0.1, -0.05) is 25.1 Å². The first kappa shape index (κ1) is 21.8. The summed E-state index contributed by atoms with van der Waals surface area (Å²) in [7, 11) is 1.60. The second-order valence-electron chi connectivity index (χ2n) is 5.66. The van der Waals surface area contributed by atoms with Crippen molar-refractivity contribution in [1.29, 1.82) is 5.26 Å². The number of unbranched alkanes of at least 4 members (excludes halogenated alkanes) is 1. The van der Waals surface area contributed by atoms with Crippen molar-refractivity contribution < 1.29 is 14.3 Å². The van der Waals surface area contributed by atoms with Gasteiger partial charge >= 0.3 is 5.97 Å². The van der Waals surface area contributed by atoms with Crippen LogP contribution < -0.4 is 0 Å². The van der Waals surface area contributed by atoms with Gasteiger partial charge in [0, 0.05) is 18.6 Å². The Labute approximate surface area is 158 Å². The summed E-state index contributed by atoms with van der Waals surface area (Å²) >= 11 is 3.02. The molecule has 1 heterocycles. The number of pyridine rings is 1. The van der Waals surface area contributed by atoms with Crippen LogP contribution in [-0.2, 0) is 14.3 Å². The number of carbonyl (C=O) groups is 1. The highest BCUT2D eigenvalue weighted by Crippen LogP contribution is 2.24. The normalized spacial score (nSPS) is 11.8. The van der Waals surface area contributed by atoms with E-state index in [1.54, 1.807) is 18.9 Å². The number of aryl methyl sites for hydroxylation is 2. The monoisotopic (exact) mass is 382 g/mol. The Morgan fingerprint density at radius 2 is 2.20 bits per heavy atom. The fraction of sp³-hybridized carbons (Fsp3) is 0.611. The van der Waals surface area contributed by atoms with Crippen molar-refractivity contribution in [3.63, 3.8) is 0 Å². The Hall–Kier alpha value is -1.23. The summed E-state index contributed by atoms with van der Waals surface area (Å²) in [5, 5.41) is 9.85. The molecule has 0 aliphatic rings. The molecule has 25 heavy (non-hydrogen) atoms. The van der Waals surface area contributed by atoms with Crippen molar-refractivity contribution in [2.45, 2.75) is 44.7 Å². The van der Waals surface area contributed by atoms with Crippen molar-refractivity contribution in [3.8, 4) is 6.07 Å². The van der Waals surface area contributed by atoms with Gasteiger partial charge in [-0.05, 0) is 37.7 Å². The lowest BCUT2D eigenvalue weighted by Crippen LogP contribution is -2.26. The minimum atomic E-state index is -0.312. The molecule has 138 valence electrons. The molecule has 0 N–H and O–H groups in total. The smallest absolute Gasteiger partial charge is 0.316 e. The third-order valence-electron chi connectivity index (χ3n) is 3.35. The first-order valence-corrected chi connectivity index (χ1v) is 10.4. The second kappa shape index (κ2) is 12.2. The number of thioether (sulfide) groups is 2. The average Bonchev–Trinajstić information content (AvgIpc) is 2.56. The van der Waals surface area contributed by atoms with Crippen LogP contribution in [0.5, 0.6) is 0 Å². The Morgan fingerprint density at radius 1 is 1.44 bits per heavy atom. The van der Waals surface area contributed by atoms with E-state index in [4.69, 9.17) is 9.47 Å². The van der Waals surface area contributed by atoms with E-state index in [0.717, 1.165) is 35.6 Å². The summed E-state index contributed by atoms with van der Waals surface area (Å²) in [6.07, 6.45) is 2.06. The van der Waals surface area contributed by atoms with Crippen molar-refractivity contribution in [3.05, 3.63) is 22.9 Å². The van der Waals surface area contributed by atoms with Crippen LogP contribution in [0.3, 0.4) is 0 Å². The Bertz CT molecular complexity index is 603. The number of nitrogens with zero attached hydrogens (tertiary/aromatic N) is 2. The summed E-state index contributed by atoms with van der Waals surface area (Å²) in [6, 6.07) is 4.02. The lowest BCUT2D eigenvalue weighted by molar-refractivity contribution is -0.146. The van der Waals surface area contributed by atoms with Crippen molar-refractivity contribution >= 4 is 29.5 Å². The molecule has 1 atom stereocenters. The van der Waals surface area contributed by atoms with Crippen molar-refractivity contribution in [2.75, 3.05) is 31.0 Å². The zero-order chi connectivity index (χ0) is 18.7. The van der Waals surface area contributed by atoms with Crippen LogP contribution >= 0.6 is 23.5 Å². The van der Waals surface area contributed by atoms with E-state index in [2.05, 4.69) is 18.0 Å². The molecule has 1 aromatic heterocycles. The molecule has 0 bridgehead atoms. The van der Waals surface area contributed by atoms with Crippen LogP contribution in [0.2, 0.25) is 0 Å². The van der Waals surface area contributed by atoms with Gasteiger partial charge in [-0.15, -0.1) is 0 Å². The first-order valence-electron chi connectivity index (χ1n) is 8.29. The first-order chi connectivity index (χ1) is 12.0.